The van der Waals surface area contributed by atoms with E-state index in [1.807, 2.05) is 31.2 Å². The van der Waals surface area contributed by atoms with Gasteiger partial charge in [0.15, 0.2) is 0 Å². The predicted octanol–water partition coefficient (Wildman–Crippen LogP) is 3.15. The first-order valence-electron chi connectivity index (χ1n) is 7.09. The van der Waals surface area contributed by atoms with Crippen molar-refractivity contribution in [2.24, 2.45) is 0 Å². The number of nitrogens with zero attached hydrogens (tertiary/aromatic N) is 1. The average Bonchev–Trinajstić information content (AvgIpc) is 2.52. The fourth-order valence-electron chi connectivity index (χ4n) is 2.31. The van der Waals surface area contributed by atoms with Crippen LogP contribution in [0, 0.1) is 24.0 Å². The molecule has 2 aromatic rings. The van der Waals surface area contributed by atoms with E-state index in [1.165, 1.54) is 19.2 Å². The topological polar surface area (TPSA) is 81.5 Å². The van der Waals surface area contributed by atoms with Crippen LogP contribution in [0.25, 0.3) is 0 Å². The first kappa shape index (κ1) is 16.5. The summed E-state index contributed by atoms with van der Waals surface area (Å²) in [4.78, 5) is 22.8. The summed E-state index contributed by atoms with van der Waals surface area (Å²) in [5, 5.41) is 13.9. The Balaban J connectivity index is 2.22. The van der Waals surface area contributed by atoms with Crippen LogP contribution < -0.4 is 10.1 Å². The van der Waals surface area contributed by atoms with Gasteiger partial charge in [0, 0.05) is 18.2 Å². The van der Waals surface area contributed by atoms with Crippen LogP contribution >= 0.6 is 0 Å². The third-order valence-electron chi connectivity index (χ3n) is 3.55. The Labute approximate surface area is 134 Å². The lowest BCUT2D eigenvalue weighted by atomic mass is 10.1. The molecule has 0 aromatic heterocycles. The van der Waals surface area contributed by atoms with Crippen molar-refractivity contribution in [2.75, 3.05) is 7.11 Å². The molecule has 0 saturated heterocycles. The number of carbonyl (C=O) groups is 1. The zero-order valence-electron chi connectivity index (χ0n) is 13.3. The molecule has 1 N–H and O–H groups in total. The highest BCUT2D eigenvalue weighted by Gasteiger charge is 2.19. The van der Waals surface area contributed by atoms with Crippen molar-refractivity contribution >= 4 is 11.6 Å². The number of carbonyl (C=O) groups excluding carboxylic acids is 1. The van der Waals surface area contributed by atoms with E-state index in [2.05, 4.69) is 5.32 Å². The zero-order valence-corrected chi connectivity index (χ0v) is 13.3. The highest BCUT2D eigenvalue weighted by Crippen LogP contribution is 2.29. The summed E-state index contributed by atoms with van der Waals surface area (Å²) in [7, 11) is 1.42. The van der Waals surface area contributed by atoms with E-state index < -0.39 is 4.92 Å². The highest BCUT2D eigenvalue weighted by atomic mass is 16.6. The maximum Gasteiger partial charge on any atom is 0.276 e. The number of ether oxygens (including phenoxy) is 1. The molecule has 0 spiro atoms. The Morgan fingerprint density at radius 3 is 2.61 bits per heavy atom. The van der Waals surface area contributed by atoms with Gasteiger partial charge in [-0.1, -0.05) is 29.8 Å². The first-order valence-corrected chi connectivity index (χ1v) is 7.09. The van der Waals surface area contributed by atoms with E-state index in [0.717, 1.165) is 11.1 Å². The number of hydrogen-bond donors (Lipinski definition) is 1. The van der Waals surface area contributed by atoms with Crippen molar-refractivity contribution in [3.63, 3.8) is 0 Å². The molecular formula is C17H18N2O4. The average molecular weight is 314 g/mol. The summed E-state index contributed by atoms with van der Waals surface area (Å²) in [6.45, 7) is 3.91. The van der Waals surface area contributed by atoms with Crippen LogP contribution in [0.15, 0.2) is 36.4 Å². The molecule has 6 nitrogen and oxygen atoms in total. The Morgan fingerprint density at radius 2 is 2.00 bits per heavy atom. The third-order valence-corrected chi connectivity index (χ3v) is 3.55. The van der Waals surface area contributed by atoms with Crippen molar-refractivity contribution in [3.8, 4) is 5.75 Å². The van der Waals surface area contributed by atoms with Gasteiger partial charge in [0.25, 0.3) is 11.6 Å². The summed E-state index contributed by atoms with van der Waals surface area (Å²) in [5.41, 5.74) is 2.53. The minimum absolute atomic E-state index is 0.134. The van der Waals surface area contributed by atoms with Crippen molar-refractivity contribution in [2.45, 2.75) is 20.4 Å². The van der Waals surface area contributed by atoms with Gasteiger partial charge in [-0.05, 0) is 25.5 Å². The zero-order chi connectivity index (χ0) is 17.0. The Kier molecular flexibility index (Phi) is 4.95. The van der Waals surface area contributed by atoms with Crippen LogP contribution in [0.5, 0.6) is 5.75 Å². The van der Waals surface area contributed by atoms with Crippen LogP contribution in [0.2, 0.25) is 0 Å². The van der Waals surface area contributed by atoms with Gasteiger partial charge in [-0.3, -0.25) is 14.9 Å². The largest absolute Gasteiger partial charge is 0.496 e. The second-order valence-electron chi connectivity index (χ2n) is 5.25. The van der Waals surface area contributed by atoms with Gasteiger partial charge < -0.3 is 10.1 Å². The monoisotopic (exact) mass is 314 g/mol. The van der Waals surface area contributed by atoms with Crippen LogP contribution in [-0.4, -0.2) is 17.9 Å². The van der Waals surface area contributed by atoms with Crippen molar-refractivity contribution in [1.82, 2.24) is 5.32 Å². The van der Waals surface area contributed by atoms with Gasteiger partial charge in [-0.15, -0.1) is 0 Å². The number of nitrogens with one attached hydrogen (secondary N) is 1. The van der Waals surface area contributed by atoms with E-state index >= 15 is 0 Å². The molecule has 23 heavy (non-hydrogen) atoms. The molecule has 0 bridgehead atoms. The smallest absolute Gasteiger partial charge is 0.276 e. The summed E-state index contributed by atoms with van der Waals surface area (Å²) >= 11 is 0. The molecule has 2 rings (SSSR count). The molecule has 120 valence electrons. The molecule has 0 aliphatic carbocycles. The van der Waals surface area contributed by atoms with Crippen LogP contribution in [0.1, 0.15) is 27.0 Å². The number of benzene rings is 2. The fraction of sp³-hybridized carbons (Fsp3) is 0.235. The molecule has 0 aliphatic rings. The van der Waals surface area contributed by atoms with Gasteiger partial charge >= 0.3 is 0 Å². The maximum absolute atomic E-state index is 12.3. The number of amides is 1. The lowest BCUT2D eigenvalue weighted by Crippen LogP contribution is -2.23. The van der Waals surface area contributed by atoms with Gasteiger partial charge in [0.1, 0.15) is 5.75 Å². The van der Waals surface area contributed by atoms with Crippen molar-refractivity contribution in [1.29, 1.82) is 0 Å². The van der Waals surface area contributed by atoms with E-state index in [4.69, 9.17) is 4.74 Å². The Morgan fingerprint density at radius 1 is 1.26 bits per heavy atom. The normalized spacial score (nSPS) is 10.2. The van der Waals surface area contributed by atoms with Crippen molar-refractivity contribution in [3.05, 3.63) is 68.8 Å². The second kappa shape index (κ2) is 6.91. The number of hydrogen-bond acceptors (Lipinski definition) is 4. The molecule has 0 radical (unpaired) electrons. The van der Waals surface area contributed by atoms with Gasteiger partial charge in [-0.25, -0.2) is 0 Å². The number of aryl methyl sites for hydroxylation is 1. The number of rotatable bonds is 5. The minimum Gasteiger partial charge on any atom is -0.496 e. The molecule has 0 unspecified atom stereocenters. The standard InChI is InChI=1S/C17H18N2O4/c1-11-5-4-6-13(7-11)10-18-17(20)14-8-15(19(21)22)12(2)16(9-14)23-3/h4-9H,10H2,1-3H3,(H,18,20). The Bertz CT molecular complexity index is 756. The van der Waals surface area contributed by atoms with Gasteiger partial charge in [-0.2, -0.15) is 0 Å². The lowest BCUT2D eigenvalue weighted by Gasteiger charge is -2.10. The van der Waals surface area contributed by atoms with E-state index in [1.54, 1.807) is 6.92 Å². The first-order chi connectivity index (χ1) is 10.9. The molecule has 0 saturated carbocycles. The molecule has 0 heterocycles. The minimum atomic E-state index is -0.519. The fourth-order valence-corrected chi connectivity index (χ4v) is 2.31. The lowest BCUT2D eigenvalue weighted by molar-refractivity contribution is -0.385. The summed E-state index contributed by atoms with van der Waals surface area (Å²) < 4.78 is 5.12. The molecular weight excluding hydrogens is 296 g/mol. The molecule has 0 fully saturated rings. The van der Waals surface area contributed by atoms with E-state index in [-0.39, 0.29) is 17.2 Å². The van der Waals surface area contributed by atoms with Crippen LogP contribution in [0.4, 0.5) is 5.69 Å². The number of methoxy groups -OCH3 is 1. The summed E-state index contributed by atoms with van der Waals surface area (Å²) in [6.07, 6.45) is 0. The number of nitro benzene ring substituents is 1. The van der Waals surface area contributed by atoms with E-state index in [9.17, 15) is 14.9 Å². The van der Waals surface area contributed by atoms with Gasteiger partial charge in [0.05, 0.1) is 17.6 Å². The second-order valence-corrected chi connectivity index (χ2v) is 5.25. The summed E-state index contributed by atoms with van der Waals surface area (Å²) in [6, 6.07) is 10.5. The molecule has 0 aliphatic heterocycles. The maximum atomic E-state index is 12.3. The van der Waals surface area contributed by atoms with E-state index in [0.29, 0.717) is 17.9 Å². The van der Waals surface area contributed by atoms with Crippen molar-refractivity contribution < 1.29 is 14.5 Å². The molecule has 2 aromatic carbocycles. The molecule has 0 atom stereocenters. The molecule has 6 heteroatoms. The highest BCUT2D eigenvalue weighted by molar-refractivity contribution is 5.95. The Hall–Kier alpha value is -2.89. The van der Waals surface area contributed by atoms with Gasteiger partial charge in [0.2, 0.25) is 0 Å². The SMILES string of the molecule is COc1cc(C(=O)NCc2cccc(C)c2)cc([N+](=O)[O-])c1C. The molecule has 1 amide bonds. The predicted molar refractivity (Wildman–Crippen MR) is 86.7 cm³/mol. The third kappa shape index (κ3) is 3.85. The summed E-state index contributed by atoms with van der Waals surface area (Å²) in [5.74, 6) is -0.0622. The quantitative estimate of drug-likeness (QED) is 0.679. The van der Waals surface area contributed by atoms with Crippen LogP contribution in [0.3, 0.4) is 0 Å². The number of nitro groups is 1. The van der Waals surface area contributed by atoms with Crippen LogP contribution in [-0.2, 0) is 6.54 Å².